The maximum Gasteiger partial charge on any atom is 0.232 e. The average molecular weight is 468 g/mol. The van der Waals surface area contributed by atoms with Crippen molar-refractivity contribution in [1.29, 1.82) is 0 Å². The van der Waals surface area contributed by atoms with E-state index in [1.807, 2.05) is 17.0 Å². The number of benzene rings is 1. The highest BCUT2D eigenvalue weighted by molar-refractivity contribution is 8.00. The van der Waals surface area contributed by atoms with Crippen molar-refractivity contribution in [1.82, 2.24) is 14.9 Å². The molecule has 1 aromatic heterocycles. The van der Waals surface area contributed by atoms with Crippen molar-refractivity contribution >= 4 is 35.2 Å². The average Bonchev–Trinajstić information content (AvgIpc) is 3.37. The zero-order chi connectivity index (χ0) is 22.7. The van der Waals surface area contributed by atoms with Crippen LogP contribution in [0.1, 0.15) is 29.7 Å². The quantitative estimate of drug-likeness (QED) is 0.669. The molecule has 2 aliphatic carbocycles. The lowest BCUT2D eigenvalue weighted by Gasteiger charge is -2.35. The topological polar surface area (TPSA) is 101 Å². The highest BCUT2D eigenvalue weighted by atomic mass is 32.2. The molecule has 2 saturated carbocycles. The van der Waals surface area contributed by atoms with Crippen LogP contribution in [-0.2, 0) is 29.0 Å². The van der Waals surface area contributed by atoms with E-state index in [4.69, 9.17) is 5.73 Å². The van der Waals surface area contributed by atoms with Crippen molar-refractivity contribution in [3.8, 4) is 0 Å². The van der Waals surface area contributed by atoms with Crippen LogP contribution in [0.5, 0.6) is 0 Å². The summed E-state index contributed by atoms with van der Waals surface area (Å²) in [5.74, 6) is 0.218. The third-order valence-electron chi connectivity index (χ3n) is 7.93. The van der Waals surface area contributed by atoms with E-state index in [-0.39, 0.29) is 40.7 Å². The summed E-state index contributed by atoms with van der Waals surface area (Å²) in [6.45, 7) is 1.32. The molecule has 0 spiro atoms. The summed E-state index contributed by atoms with van der Waals surface area (Å²) in [6, 6.07) is 6.05. The summed E-state index contributed by atoms with van der Waals surface area (Å²) in [7, 11) is 0. The number of fused-ring (bicyclic) bond motifs is 5. The van der Waals surface area contributed by atoms with Gasteiger partial charge in [0, 0.05) is 29.9 Å². The van der Waals surface area contributed by atoms with Crippen LogP contribution >= 0.6 is 11.8 Å². The summed E-state index contributed by atoms with van der Waals surface area (Å²) in [5, 5.41) is 3.47. The molecule has 0 unspecified atom stereocenters. The highest BCUT2D eigenvalue weighted by Crippen LogP contribution is 2.56. The minimum atomic E-state index is -0.465. The second-order valence-corrected chi connectivity index (χ2v) is 10.9. The molecule has 7 nitrogen and oxygen atoms in total. The zero-order valence-electron chi connectivity index (χ0n) is 18.2. The molecule has 2 fully saturated rings. The van der Waals surface area contributed by atoms with Gasteiger partial charge in [-0.1, -0.05) is 6.07 Å². The van der Waals surface area contributed by atoms with Crippen molar-refractivity contribution in [2.24, 2.45) is 29.4 Å². The number of primary amides is 1. The Labute approximate surface area is 195 Å². The van der Waals surface area contributed by atoms with Crippen LogP contribution < -0.4 is 11.1 Å². The minimum Gasteiger partial charge on any atom is -0.369 e. The van der Waals surface area contributed by atoms with Gasteiger partial charge in [-0.2, -0.15) is 0 Å². The molecule has 7 bridgehead atoms. The van der Waals surface area contributed by atoms with Crippen LogP contribution in [-0.4, -0.2) is 44.2 Å². The molecule has 0 radical (unpaired) electrons. The standard InChI is InChI=1S/C24H26FN5O2S/c25-18-9-27-24-28-15-2-1-12-3-4-30(10-14(12)5-15)21(31)11-33-20-7-13-6-16(20)17(8-19(18)29-24)22(13)23(26)32/h1-2,5,9,13,16-17,20,22H,3-4,6-8,10-11H2,(H2,26,32)(H,27,28,29)/t13-,16+,17-,20-,22+/m1/s1. The van der Waals surface area contributed by atoms with Gasteiger partial charge >= 0.3 is 0 Å². The van der Waals surface area contributed by atoms with E-state index in [0.717, 1.165) is 37.1 Å². The third kappa shape index (κ3) is 3.66. The van der Waals surface area contributed by atoms with E-state index in [1.54, 1.807) is 11.8 Å². The van der Waals surface area contributed by atoms with Crippen molar-refractivity contribution in [3.63, 3.8) is 0 Å². The van der Waals surface area contributed by atoms with E-state index in [0.29, 0.717) is 30.4 Å². The first-order valence-electron chi connectivity index (χ1n) is 11.5. The van der Waals surface area contributed by atoms with E-state index in [9.17, 15) is 14.0 Å². The fourth-order valence-electron chi connectivity index (χ4n) is 6.42. The summed E-state index contributed by atoms with van der Waals surface area (Å²) in [5.41, 5.74) is 9.26. The maximum atomic E-state index is 14.7. The Morgan fingerprint density at radius 3 is 2.97 bits per heavy atom. The number of halogens is 1. The molecular weight excluding hydrogens is 441 g/mol. The molecule has 2 aliphatic heterocycles. The molecule has 33 heavy (non-hydrogen) atoms. The Morgan fingerprint density at radius 2 is 2.12 bits per heavy atom. The fourth-order valence-corrected chi connectivity index (χ4v) is 7.90. The Bertz CT molecular complexity index is 1140. The van der Waals surface area contributed by atoms with Gasteiger partial charge in [-0.15, -0.1) is 11.8 Å². The second kappa shape index (κ2) is 7.97. The highest BCUT2D eigenvalue weighted by Gasteiger charge is 2.54. The molecule has 6 rings (SSSR count). The van der Waals surface area contributed by atoms with E-state index < -0.39 is 5.82 Å². The van der Waals surface area contributed by atoms with Gasteiger partial charge in [0.05, 0.1) is 17.6 Å². The maximum absolute atomic E-state index is 14.7. The van der Waals surface area contributed by atoms with Crippen molar-refractivity contribution in [3.05, 3.63) is 47.0 Å². The molecule has 4 aliphatic rings. The molecular formula is C24H26FN5O2S. The number of rotatable bonds is 1. The largest absolute Gasteiger partial charge is 0.369 e. The summed E-state index contributed by atoms with van der Waals surface area (Å²) in [6.07, 6.45) is 4.17. The van der Waals surface area contributed by atoms with Crippen LogP contribution in [0.15, 0.2) is 24.4 Å². The first kappa shape index (κ1) is 20.9. The number of hydrogen-bond acceptors (Lipinski definition) is 6. The van der Waals surface area contributed by atoms with Gasteiger partial charge in [0.15, 0.2) is 5.82 Å². The van der Waals surface area contributed by atoms with Gasteiger partial charge in [0.25, 0.3) is 0 Å². The SMILES string of the molecule is NC(=O)[C@H]1[C@@H]2C[C@H]3[C@H]1Cc1nc(ncc1F)Nc1ccc4c(c1)CN(CC4)C(=O)CS[C@@H]3C2. The lowest BCUT2D eigenvalue weighted by Crippen LogP contribution is -2.40. The van der Waals surface area contributed by atoms with Gasteiger partial charge in [-0.3, -0.25) is 9.59 Å². The number of carbonyl (C=O) groups is 2. The lowest BCUT2D eigenvalue weighted by atomic mass is 9.76. The first-order valence-corrected chi connectivity index (χ1v) is 12.6. The minimum absolute atomic E-state index is 0.0696. The number of nitrogens with zero attached hydrogens (tertiary/aromatic N) is 3. The lowest BCUT2D eigenvalue weighted by molar-refractivity contribution is -0.129. The summed E-state index contributed by atoms with van der Waals surface area (Å²) < 4.78 is 14.7. The number of nitrogens with one attached hydrogen (secondary N) is 1. The van der Waals surface area contributed by atoms with Crippen LogP contribution in [0.2, 0.25) is 0 Å². The molecule has 0 saturated heterocycles. The van der Waals surface area contributed by atoms with Crippen LogP contribution in [0, 0.1) is 29.5 Å². The second-order valence-electron chi connectivity index (χ2n) is 9.70. The van der Waals surface area contributed by atoms with Crippen molar-refractivity contribution in [2.75, 3.05) is 17.6 Å². The van der Waals surface area contributed by atoms with E-state index >= 15 is 0 Å². The van der Waals surface area contributed by atoms with Gasteiger partial charge < -0.3 is 16.0 Å². The zero-order valence-corrected chi connectivity index (χ0v) is 19.0. The molecule has 172 valence electrons. The Morgan fingerprint density at radius 1 is 1.24 bits per heavy atom. The molecule has 2 amide bonds. The Hall–Kier alpha value is -2.68. The number of amides is 2. The summed E-state index contributed by atoms with van der Waals surface area (Å²) in [4.78, 5) is 35.9. The molecule has 3 heterocycles. The molecule has 3 N–H and O–H groups in total. The van der Waals surface area contributed by atoms with Crippen LogP contribution in [0.4, 0.5) is 16.0 Å². The fraction of sp³-hybridized carbons (Fsp3) is 0.500. The molecule has 2 aromatic rings. The van der Waals surface area contributed by atoms with Gasteiger partial charge in [-0.25, -0.2) is 14.4 Å². The number of anilines is 2. The van der Waals surface area contributed by atoms with Crippen LogP contribution in [0.25, 0.3) is 0 Å². The number of aromatic nitrogens is 2. The number of thioether (sulfide) groups is 1. The number of carbonyl (C=O) groups excluding carboxylic acids is 2. The van der Waals surface area contributed by atoms with Crippen molar-refractivity contribution in [2.45, 2.75) is 37.5 Å². The molecule has 9 heteroatoms. The monoisotopic (exact) mass is 467 g/mol. The number of hydrogen-bond donors (Lipinski definition) is 2. The van der Waals surface area contributed by atoms with Crippen molar-refractivity contribution < 1.29 is 14.0 Å². The van der Waals surface area contributed by atoms with E-state index in [1.165, 1.54) is 11.8 Å². The predicted octanol–water partition coefficient (Wildman–Crippen LogP) is 2.66. The summed E-state index contributed by atoms with van der Waals surface area (Å²) >= 11 is 1.69. The third-order valence-corrected chi connectivity index (χ3v) is 9.31. The Kier molecular flexibility index (Phi) is 5.05. The normalized spacial score (nSPS) is 30.4. The predicted molar refractivity (Wildman–Crippen MR) is 123 cm³/mol. The Balaban J connectivity index is 1.39. The van der Waals surface area contributed by atoms with Gasteiger partial charge in [0.2, 0.25) is 17.8 Å². The molecule has 1 aromatic carbocycles. The first-order chi connectivity index (χ1) is 16.0. The number of nitrogens with two attached hydrogens (primary N) is 1. The van der Waals surface area contributed by atoms with E-state index in [2.05, 4.69) is 21.4 Å². The smallest absolute Gasteiger partial charge is 0.232 e. The van der Waals surface area contributed by atoms with Crippen LogP contribution in [0.3, 0.4) is 0 Å². The molecule has 5 atom stereocenters. The van der Waals surface area contributed by atoms with Gasteiger partial charge in [0.1, 0.15) is 0 Å². The van der Waals surface area contributed by atoms with Gasteiger partial charge in [-0.05, 0) is 66.7 Å².